The Bertz CT molecular complexity index is 5040. The molecule has 676 valence electrons. The minimum absolute atomic E-state index is 0. The molecule has 2 aromatic heterocycles. The second-order valence-corrected chi connectivity index (χ2v) is 32.7. The summed E-state index contributed by atoms with van der Waals surface area (Å²) in [4.78, 5) is 118. The predicted octanol–water partition coefficient (Wildman–Crippen LogP) is 18.4. The van der Waals surface area contributed by atoms with E-state index in [0.717, 1.165) is 59.2 Å². The number of amides is 4. The van der Waals surface area contributed by atoms with Crippen LogP contribution in [-0.4, -0.2) is 131 Å². The monoisotopic (exact) mass is 2190 g/mol. The van der Waals surface area contributed by atoms with Crippen LogP contribution in [0.2, 0.25) is 0 Å². The van der Waals surface area contributed by atoms with E-state index in [1.165, 1.54) is 100 Å². The van der Waals surface area contributed by atoms with Gasteiger partial charge in [0.15, 0.2) is 24.2 Å². The first-order valence-electron chi connectivity index (χ1n) is 35.1. The molecule has 124 heavy (non-hydrogen) atoms. The number of nitrogen functional groups attached to an aromatic ring is 4. The van der Waals surface area contributed by atoms with Crippen LogP contribution in [0.4, 0.5) is 91.5 Å². The summed E-state index contributed by atoms with van der Waals surface area (Å²) in [5.41, 5.74) is 22.1. The smallest absolute Gasteiger partial charge is 0.407 e. The number of hydrogen-bond donors (Lipinski definition) is 10. The van der Waals surface area contributed by atoms with Gasteiger partial charge in [-0.15, -0.1) is 10.1 Å². The number of carbonyl (C=O) groups is 7. The zero-order valence-electron chi connectivity index (χ0n) is 67.4. The molecule has 0 radical (unpaired) electrons. The van der Waals surface area contributed by atoms with Gasteiger partial charge < -0.3 is 69.1 Å². The Kier molecular flexibility index (Phi) is 52.0. The van der Waals surface area contributed by atoms with Crippen molar-refractivity contribution in [1.82, 2.24) is 35.9 Å². The molecule has 48 heteroatoms. The summed E-state index contributed by atoms with van der Waals surface area (Å²) in [7, 11) is 0. The van der Waals surface area contributed by atoms with Crippen LogP contribution in [0.3, 0.4) is 0 Å². The third-order valence-electron chi connectivity index (χ3n) is 14.4. The maximum atomic E-state index is 14.0. The van der Waals surface area contributed by atoms with Gasteiger partial charge in [0.1, 0.15) is 62.1 Å². The average Bonchev–Trinajstić information content (AvgIpc) is 0.785. The number of alkyl carbamates (subject to hydrolysis) is 2. The van der Waals surface area contributed by atoms with E-state index < -0.39 is 67.0 Å². The van der Waals surface area contributed by atoms with Crippen LogP contribution in [0.5, 0.6) is 0 Å². The fourth-order valence-electron chi connectivity index (χ4n) is 9.76. The van der Waals surface area contributed by atoms with Gasteiger partial charge in [0, 0.05) is 127 Å². The second-order valence-electron chi connectivity index (χ2n) is 27.1. The van der Waals surface area contributed by atoms with Crippen molar-refractivity contribution < 1.29 is 111 Å². The maximum Gasteiger partial charge on any atom is 0.407 e. The molecule has 4 atom stereocenters. The molecule has 2 aliphatic heterocycles. The standard InChI is InChI=1S/C19H25FN4O2.C11H22N2O2.C8H6BrFN2O3.C8H4BrFN2.C8H7BrFNO.C6H4BrFN2O2.C6H6BrFN2.C6H5BrFN.C2H3ClO.C2H2O2.Fe.HNO3/c1-12-9-13(23-18(25)26-19(2,3)4)11-24(10-12)15-6-5-14(20)16-17(15)22-8-7-21-16;1-8-5-9(7-12-6-8)13-10(14)15-11(2,3)4;1-4(13)11-7-5(9)2-3-6(10)8(7)12(14)15;9-5-1-2-6(10)8-7(5)11-3-4-12-8;1-5(12)11-8-4-6(10)2-3-7(8)9;7-3-1-2-4(8)6(5(3)9)10(11)12;7-3-1-2-4(8)6(10)5(3)9;7-5-2-1-4(8)3-6(5)9;1-2(3)4;3-1-2-4;;2-1(3)4/h5-8,12-13H,9-11H2,1-4H3,(H,23,25);8-9,12H,5-7H2,1-4H3,(H,13,14);2-3H,1H3,(H,11,13);1-4H;2-4H,1H3,(H,11,12);1-2H,9H2;1-2H,9-10H2;1-3H,9H2;1H3;1-2H;;(H,2,3,4). The van der Waals surface area contributed by atoms with Crippen molar-refractivity contribution >= 4 is 222 Å². The summed E-state index contributed by atoms with van der Waals surface area (Å²) in [5.74, 6) is -3.58. The molecule has 2 aliphatic rings. The SMILES string of the molecule is CC(=O)Cl.CC(=O)Nc1c(Br)ccc(F)c1[N+](=O)[O-].CC(=O)Nc1cc(F)ccc1Br.CC1CC(NC(=O)OC(C)(C)C)CN(c2ccc(F)c3nccnc23)C1.CC1CNCC(NC(=O)OC(C)(C)C)C1.Fc1ccc(Br)c2nccnc12.Nc1c(Br)ccc(F)c1[N+](=O)[O-].Nc1c(F)ccc(Br)c1N.Nc1cc(F)ccc1Br.O=CC=O.O=[N+]([O-])O.[Fe]. The van der Waals surface area contributed by atoms with E-state index in [4.69, 9.17) is 57.3 Å². The van der Waals surface area contributed by atoms with Crippen molar-refractivity contribution in [2.24, 2.45) is 11.8 Å². The van der Waals surface area contributed by atoms with Gasteiger partial charge in [0.2, 0.25) is 28.7 Å². The maximum absolute atomic E-state index is 14.0. The first-order chi connectivity index (χ1) is 57.1. The number of nitrogens with two attached hydrogens (primary N) is 4. The summed E-state index contributed by atoms with van der Waals surface area (Å²) >= 11 is 23.3. The molecule has 9 aromatic rings. The van der Waals surface area contributed by atoms with Crippen LogP contribution in [0.25, 0.3) is 22.1 Å². The van der Waals surface area contributed by atoms with Crippen molar-refractivity contribution in [3.05, 3.63) is 220 Å². The van der Waals surface area contributed by atoms with Crippen molar-refractivity contribution in [3.63, 3.8) is 0 Å². The number of benzene rings is 7. The van der Waals surface area contributed by atoms with Crippen LogP contribution in [0, 0.1) is 82.9 Å². The number of nitrogens with zero attached hydrogens (tertiary/aromatic N) is 8. The van der Waals surface area contributed by atoms with E-state index in [0.29, 0.717) is 59.7 Å². The molecule has 0 saturated carbocycles. The third-order valence-corrected chi connectivity index (χ3v) is 18.5. The molecule has 4 heterocycles. The predicted molar refractivity (Wildman–Crippen MR) is 473 cm³/mol. The van der Waals surface area contributed by atoms with E-state index in [1.807, 2.05) is 41.5 Å². The van der Waals surface area contributed by atoms with E-state index in [1.54, 1.807) is 30.5 Å². The van der Waals surface area contributed by atoms with Gasteiger partial charge in [-0.3, -0.25) is 54.2 Å². The molecule has 2 saturated heterocycles. The number of nitro groups is 2. The van der Waals surface area contributed by atoms with Crippen LogP contribution in [0.15, 0.2) is 149 Å². The molecule has 33 nitrogen and oxygen atoms in total. The van der Waals surface area contributed by atoms with Gasteiger partial charge in [-0.25, -0.2) is 41.5 Å². The van der Waals surface area contributed by atoms with Gasteiger partial charge in [-0.05, 0) is 277 Å². The summed E-state index contributed by atoms with van der Waals surface area (Å²) in [6.07, 6.45) is 7.59. The minimum atomic E-state index is -1.50. The van der Waals surface area contributed by atoms with Gasteiger partial charge in [-0.1, -0.05) is 13.8 Å². The van der Waals surface area contributed by atoms with Gasteiger partial charge in [-0.2, -0.15) is 8.78 Å². The molecule has 4 amide bonds. The number of anilines is 7. The zero-order chi connectivity index (χ0) is 94.1. The molecule has 4 unspecified atom stereocenters. The first-order valence-corrected chi connectivity index (χ1v) is 40.3. The quantitative estimate of drug-likeness (QED) is 0.00987. The molecule has 7 aromatic carbocycles. The molecule has 11 rings (SSSR count). The number of halogens is 14. The first kappa shape index (κ1) is 114. The number of carbonyl (C=O) groups excluding carboxylic acids is 7. The van der Waals surface area contributed by atoms with E-state index in [-0.39, 0.29) is 115 Å². The number of ether oxygens (including phenoxy) is 2. The minimum Gasteiger partial charge on any atom is -0.444 e. The number of rotatable bonds is 8. The Labute approximate surface area is 771 Å². The normalized spacial score (nSPS) is 13.8. The van der Waals surface area contributed by atoms with Gasteiger partial charge >= 0.3 is 23.6 Å². The number of nitro benzene ring substituents is 2. The molecule has 0 bridgehead atoms. The fourth-order valence-corrected chi connectivity index (χ4v) is 11.9. The molecule has 0 spiro atoms. The Balaban J connectivity index is 0.00000139. The van der Waals surface area contributed by atoms with E-state index in [2.05, 4.69) is 172 Å². The van der Waals surface area contributed by atoms with Crippen LogP contribution in [0.1, 0.15) is 89.0 Å². The van der Waals surface area contributed by atoms with E-state index >= 15 is 0 Å². The summed E-state index contributed by atoms with van der Waals surface area (Å²) in [5, 5.41) is 47.9. The van der Waals surface area contributed by atoms with Crippen molar-refractivity contribution in [2.45, 2.75) is 112 Å². The van der Waals surface area contributed by atoms with Crippen LogP contribution < -0.4 is 54.4 Å². The number of fused-ring (bicyclic) bond motifs is 2. The van der Waals surface area contributed by atoms with Gasteiger partial charge in [0.25, 0.3) is 5.09 Å². The number of aromatic nitrogens is 4. The van der Waals surface area contributed by atoms with Crippen LogP contribution in [-0.2, 0) is 50.5 Å². The Hall–Kier alpha value is -10.1. The summed E-state index contributed by atoms with van der Waals surface area (Å²) < 4.78 is 104. The number of aldehydes is 2. The number of hydrogen-bond acceptors (Lipinski definition) is 25. The number of piperidine rings is 2. The van der Waals surface area contributed by atoms with Crippen molar-refractivity contribution in [2.75, 3.05) is 64.6 Å². The topological polar surface area (TPSA) is 507 Å². The molecular weight excluding hydrogens is 2110 g/mol. The Morgan fingerprint density at radius 3 is 1.35 bits per heavy atom. The summed E-state index contributed by atoms with van der Waals surface area (Å²) in [6.45, 7) is 22.6. The third kappa shape index (κ3) is 44.5. The molecule has 14 N–H and O–H groups in total. The largest absolute Gasteiger partial charge is 0.444 e. The fraction of sp³-hybridized carbons (Fsp3) is 0.303. The second kappa shape index (κ2) is 56.7. The van der Waals surface area contributed by atoms with Crippen LogP contribution >= 0.6 is 107 Å². The Morgan fingerprint density at radius 1 is 0.524 bits per heavy atom. The Morgan fingerprint density at radius 2 is 0.919 bits per heavy atom. The zero-order valence-corrected chi connectivity index (χ0v) is 78.7. The molecule has 0 aliphatic carbocycles. The molecule has 2 fully saturated rings. The average molecular weight is 2200 g/mol. The van der Waals surface area contributed by atoms with Gasteiger partial charge in [0.05, 0.1) is 32.6 Å². The number of nitrogens with one attached hydrogen (secondary N) is 5. The van der Waals surface area contributed by atoms with E-state index in [9.17, 15) is 74.9 Å². The molecular formula is C76H85Br6ClF7FeN17O16. The summed E-state index contributed by atoms with van der Waals surface area (Å²) in [6, 6.07) is 21.9. The van der Waals surface area contributed by atoms with Crippen molar-refractivity contribution in [3.8, 4) is 0 Å². The van der Waals surface area contributed by atoms with Crippen molar-refractivity contribution in [1.29, 1.82) is 0 Å².